The van der Waals surface area contributed by atoms with Crippen LogP contribution >= 0.6 is 24.0 Å². The van der Waals surface area contributed by atoms with Crippen LogP contribution in [0.1, 0.15) is 17.1 Å². The number of aryl methyl sites for hydroxylation is 2. The molecule has 0 aliphatic carbocycles. The van der Waals surface area contributed by atoms with E-state index in [0.717, 1.165) is 22.8 Å². The largest absolute Gasteiger partial charge is 0.493 e. The first-order chi connectivity index (χ1) is 11.1. The SMILES string of the molecule is CN=C(NCc1cc(C)oc1C)Nc1ccc(OC)c(OC)c1.I. The van der Waals surface area contributed by atoms with Gasteiger partial charge in [-0.1, -0.05) is 0 Å². The number of rotatable bonds is 5. The monoisotopic (exact) mass is 445 g/mol. The molecule has 2 aromatic rings. The zero-order valence-corrected chi connectivity index (χ0v) is 16.9. The van der Waals surface area contributed by atoms with Gasteiger partial charge in [-0.3, -0.25) is 4.99 Å². The highest BCUT2D eigenvalue weighted by atomic mass is 127. The molecule has 0 fully saturated rings. The second kappa shape index (κ2) is 9.41. The summed E-state index contributed by atoms with van der Waals surface area (Å²) in [6, 6.07) is 7.63. The van der Waals surface area contributed by atoms with Crippen LogP contribution in [0, 0.1) is 13.8 Å². The van der Waals surface area contributed by atoms with Crippen LogP contribution in [-0.2, 0) is 6.54 Å². The standard InChI is InChI=1S/C17H23N3O3.HI/c1-11-8-13(12(2)23-11)10-19-17(18-3)20-14-6-7-15(21-4)16(9-14)22-5;/h6-9H,10H2,1-5H3,(H2,18,19,20);1H. The summed E-state index contributed by atoms with van der Waals surface area (Å²) in [5, 5.41) is 6.49. The number of benzene rings is 1. The molecule has 1 aromatic heterocycles. The molecule has 7 heteroatoms. The van der Waals surface area contributed by atoms with Gasteiger partial charge in [-0.05, 0) is 32.0 Å². The van der Waals surface area contributed by atoms with E-state index in [1.807, 2.05) is 38.1 Å². The van der Waals surface area contributed by atoms with E-state index in [-0.39, 0.29) is 24.0 Å². The van der Waals surface area contributed by atoms with Crippen molar-refractivity contribution in [3.8, 4) is 11.5 Å². The van der Waals surface area contributed by atoms with Crippen molar-refractivity contribution in [1.82, 2.24) is 5.32 Å². The van der Waals surface area contributed by atoms with Crippen molar-refractivity contribution < 1.29 is 13.9 Å². The third-order valence-corrected chi connectivity index (χ3v) is 3.46. The minimum Gasteiger partial charge on any atom is -0.493 e. The average molecular weight is 445 g/mol. The zero-order valence-electron chi connectivity index (χ0n) is 14.6. The first-order valence-electron chi connectivity index (χ1n) is 7.33. The summed E-state index contributed by atoms with van der Waals surface area (Å²) < 4.78 is 16.1. The molecule has 1 heterocycles. The summed E-state index contributed by atoms with van der Waals surface area (Å²) in [6.45, 7) is 4.53. The summed E-state index contributed by atoms with van der Waals surface area (Å²) in [5.74, 6) is 3.83. The minimum atomic E-state index is 0. The summed E-state index contributed by atoms with van der Waals surface area (Å²) in [6.07, 6.45) is 0. The third kappa shape index (κ3) is 5.05. The van der Waals surface area contributed by atoms with E-state index in [1.54, 1.807) is 21.3 Å². The smallest absolute Gasteiger partial charge is 0.195 e. The Balaban J connectivity index is 0.00000288. The van der Waals surface area contributed by atoms with Crippen LogP contribution in [0.2, 0.25) is 0 Å². The van der Waals surface area contributed by atoms with Crippen LogP contribution in [0.4, 0.5) is 5.69 Å². The number of ether oxygens (including phenoxy) is 2. The lowest BCUT2D eigenvalue weighted by atomic mass is 10.2. The van der Waals surface area contributed by atoms with Crippen LogP contribution in [0.25, 0.3) is 0 Å². The highest BCUT2D eigenvalue weighted by molar-refractivity contribution is 14.0. The third-order valence-electron chi connectivity index (χ3n) is 3.46. The van der Waals surface area contributed by atoms with E-state index < -0.39 is 0 Å². The lowest BCUT2D eigenvalue weighted by Crippen LogP contribution is -2.30. The van der Waals surface area contributed by atoms with Crippen molar-refractivity contribution >= 4 is 35.6 Å². The molecular formula is C17H24IN3O3. The molecule has 2 rings (SSSR count). The van der Waals surface area contributed by atoms with Gasteiger partial charge in [-0.25, -0.2) is 0 Å². The van der Waals surface area contributed by atoms with Crippen molar-refractivity contribution in [3.63, 3.8) is 0 Å². The first-order valence-corrected chi connectivity index (χ1v) is 7.33. The van der Waals surface area contributed by atoms with Crippen molar-refractivity contribution in [3.05, 3.63) is 41.3 Å². The molecule has 0 unspecified atom stereocenters. The Morgan fingerprint density at radius 3 is 2.38 bits per heavy atom. The average Bonchev–Trinajstić information content (AvgIpc) is 2.88. The summed E-state index contributed by atoms with van der Waals surface area (Å²) >= 11 is 0. The fourth-order valence-electron chi connectivity index (χ4n) is 2.27. The van der Waals surface area contributed by atoms with E-state index in [9.17, 15) is 0 Å². The van der Waals surface area contributed by atoms with Crippen molar-refractivity contribution in [1.29, 1.82) is 0 Å². The number of aliphatic imine (C=N–C) groups is 1. The fourth-order valence-corrected chi connectivity index (χ4v) is 2.27. The van der Waals surface area contributed by atoms with Crippen LogP contribution in [0.15, 0.2) is 33.7 Å². The number of anilines is 1. The first kappa shape index (κ1) is 20.1. The molecule has 0 amide bonds. The lowest BCUT2D eigenvalue weighted by molar-refractivity contribution is 0.355. The quantitative estimate of drug-likeness (QED) is 0.417. The van der Waals surface area contributed by atoms with Gasteiger partial charge in [0.2, 0.25) is 0 Å². The predicted octanol–water partition coefficient (Wildman–Crippen LogP) is 3.72. The topological polar surface area (TPSA) is 68.0 Å². The number of nitrogens with zero attached hydrogens (tertiary/aromatic N) is 1. The van der Waals surface area contributed by atoms with Gasteiger partial charge in [0.05, 0.1) is 14.2 Å². The molecular weight excluding hydrogens is 421 g/mol. The maximum Gasteiger partial charge on any atom is 0.195 e. The van der Waals surface area contributed by atoms with E-state index in [4.69, 9.17) is 13.9 Å². The Morgan fingerprint density at radius 1 is 1.12 bits per heavy atom. The molecule has 0 saturated heterocycles. The molecule has 132 valence electrons. The van der Waals surface area contributed by atoms with E-state index in [1.165, 1.54) is 0 Å². The normalized spacial score (nSPS) is 10.8. The van der Waals surface area contributed by atoms with Gasteiger partial charge in [-0.2, -0.15) is 0 Å². The molecule has 0 aliphatic rings. The molecule has 0 radical (unpaired) electrons. The predicted molar refractivity (Wildman–Crippen MR) is 107 cm³/mol. The van der Waals surface area contributed by atoms with Crippen molar-refractivity contribution in [2.24, 2.45) is 4.99 Å². The maximum absolute atomic E-state index is 5.52. The molecule has 6 nitrogen and oxygen atoms in total. The summed E-state index contributed by atoms with van der Waals surface area (Å²) in [7, 11) is 4.95. The molecule has 0 saturated carbocycles. The number of guanidine groups is 1. The molecule has 0 atom stereocenters. The molecule has 2 N–H and O–H groups in total. The Kier molecular flexibility index (Phi) is 7.90. The maximum atomic E-state index is 5.52. The van der Waals surface area contributed by atoms with Gasteiger partial charge >= 0.3 is 0 Å². The van der Waals surface area contributed by atoms with Gasteiger partial charge in [0.15, 0.2) is 17.5 Å². The van der Waals surface area contributed by atoms with Gasteiger partial charge in [-0.15, -0.1) is 24.0 Å². The number of methoxy groups -OCH3 is 2. The minimum absolute atomic E-state index is 0. The Hall–Kier alpha value is -1.90. The number of nitrogens with one attached hydrogen (secondary N) is 2. The lowest BCUT2D eigenvalue weighted by Gasteiger charge is -2.14. The molecule has 24 heavy (non-hydrogen) atoms. The second-order valence-electron chi connectivity index (χ2n) is 5.06. The Bertz CT molecular complexity index is 698. The van der Waals surface area contributed by atoms with Crippen molar-refractivity contribution in [2.75, 3.05) is 26.6 Å². The highest BCUT2D eigenvalue weighted by Crippen LogP contribution is 2.29. The van der Waals surface area contributed by atoms with E-state index >= 15 is 0 Å². The molecule has 0 aliphatic heterocycles. The van der Waals surface area contributed by atoms with E-state index in [2.05, 4.69) is 15.6 Å². The summed E-state index contributed by atoms with van der Waals surface area (Å²) in [5.41, 5.74) is 1.97. The number of furan rings is 1. The van der Waals surface area contributed by atoms with Crippen molar-refractivity contribution in [2.45, 2.75) is 20.4 Å². The van der Waals surface area contributed by atoms with Gasteiger partial charge in [0.1, 0.15) is 11.5 Å². The molecule has 1 aromatic carbocycles. The zero-order chi connectivity index (χ0) is 16.8. The molecule has 0 spiro atoms. The second-order valence-corrected chi connectivity index (χ2v) is 5.06. The highest BCUT2D eigenvalue weighted by Gasteiger charge is 2.08. The van der Waals surface area contributed by atoms with Crippen LogP contribution in [-0.4, -0.2) is 27.2 Å². The Morgan fingerprint density at radius 2 is 1.83 bits per heavy atom. The number of halogens is 1. The number of hydrogen-bond donors (Lipinski definition) is 2. The number of hydrogen-bond acceptors (Lipinski definition) is 4. The fraction of sp³-hybridized carbons (Fsp3) is 0.353. The van der Waals surface area contributed by atoms with E-state index in [0.29, 0.717) is 24.0 Å². The van der Waals surface area contributed by atoms with Crippen LogP contribution in [0.3, 0.4) is 0 Å². The summed E-state index contributed by atoms with van der Waals surface area (Å²) in [4.78, 5) is 4.22. The Labute approximate surface area is 159 Å². The van der Waals surface area contributed by atoms with Crippen LogP contribution in [0.5, 0.6) is 11.5 Å². The van der Waals surface area contributed by atoms with Crippen LogP contribution < -0.4 is 20.1 Å². The van der Waals surface area contributed by atoms with Gasteiger partial charge in [0.25, 0.3) is 0 Å². The molecule has 0 bridgehead atoms. The van der Waals surface area contributed by atoms with Gasteiger partial charge < -0.3 is 24.5 Å². The van der Waals surface area contributed by atoms with Gasteiger partial charge in [0, 0.05) is 30.9 Å².